The molecule has 0 saturated carbocycles. The Hall–Kier alpha value is -3.33. The fourth-order valence-electron chi connectivity index (χ4n) is 3.86. The lowest BCUT2D eigenvalue weighted by Gasteiger charge is -2.38. The van der Waals surface area contributed by atoms with Gasteiger partial charge in [0.1, 0.15) is 18.7 Å². The van der Waals surface area contributed by atoms with Crippen LogP contribution in [-0.2, 0) is 9.59 Å². The van der Waals surface area contributed by atoms with E-state index in [1.165, 1.54) is 9.80 Å². The Morgan fingerprint density at radius 1 is 1.21 bits per heavy atom. The topological polar surface area (TPSA) is 92.1 Å². The van der Waals surface area contributed by atoms with E-state index in [0.29, 0.717) is 11.0 Å². The fraction of sp³-hybridized carbons (Fsp3) is 0.320. The predicted molar refractivity (Wildman–Crippen MR) is 131 cm³/mol. The highest BCUT2D eigenvalue weighted by molar-refractivity contribution is 9.10. The van der Waals surface area contributed by atoms with Gasteiger partial charge in [0, 0.05) is 18.6 Å². The summed E-state index contributed by atoms with van der Waals surface area (Å²) < 4.78 is 12.7. The summed E-state index contributed by atoms with van der Waals surface area (Å²) >= 11 is 3.40. The molecular formula is C25H26BrN3O5. The summed E-state index contributed by atoms with van der Waals surface area (Å²) in [6.07, 6.45) is 0. The molecule has 0 unspecified atom stereocenters. The number of furan rings is 1. The van der Waals surface area contributed by atoms with E-state index >= 15 is 0 Å². The third kappa shape index (κ3) is 4.27. The van der Waals surface area contributed by atoms with Crippen molar-refractivity contribution in [3.05, 3.63) is 64.3 Å². The zero-order valence-electron chi connectivity index (χ0n) is 19.4. The van der Waals surface area contributed by atoms with Gasteiger partial charge in [0.25, 0.3) is 5.91 Å². The zero-order valence-corrected chi connectivity index (χ0v) is 21.0. The van der Waals surface area contributed by atoms with Gasteiger partial charge in [-0.25, -0.2) is 0 Å². The second-order valence-electron chi connectivity index (χ2n) is 8.75. The first-order chi connectivity index (χ1) is 16.1. The van der Waals surface area contributed by atoms with Crippen molar-refractivity contribution < 1.29 is 23.5 Å². The number of rotatable bonds is 5. The second kappa shape index (κ2) is 9.13. The molecule has 2 atom stereocenters. The molecule has 1 N–H and O–H groups in total. The van der Waals surface area contributed by atoms with Crippen LogP contribution >= 0.6 is 15.9 Å². The van der Waals surface area contributed by atoms with Gasteiger partial charge in [-0.15, -0.1) is 0 Å². The largest absolute Gasteiger partial charge is 0.486 e. The van der Waals surface area contributed by atoms with Gasteiger partial charge in [-0.3, -0.25) is 14.4 Å². The first-order valence-corrected chi connectivity index (χ1v) is 11.6. The van der Waals surface area contributed by atoms with Crippen molar-refractivity contribution in [2.24, 2.45) is 0 Å². The molecule has 4 rings (SSSR count). The van der Waals surface area contributed by atoms with Crippen LogP contribution in [0.1, 0.15) is 36.0 Å². The maximum absolute atomic E-state index is 13.7. The van der Waals surface area contributed by atoms with Crippen LogP contribution in [0.25, 0.3) is 11.0 Å². The molecule has 3 amide bonds. The molecule has 34 heavy (non-hydrogen) atoms. The van der Waals surface area contributed by atoms with E-state index in [1.807, 2.05) is 43.3 Å². The number of nitrogens with one attached hydrogen (secondary N) is 1. The Balaban J connectivity index is 1.73. The number of hydrogen-bond donors (Lipinski definition) is 1. The number of nitrogens with zero attached hydrogens (tertiary/aromatic N) is 2. The summed E-state index contributed by atoms with van der Waals surface area (Å²) in [5.41, 5.74) is -0.0771. The first kappa shape index (κ1) is 23.8. The van der Waals surface area contributed by atoms with E-state index in [1.54, 1.807) is 33.2 Å². The molecule has 0 saturated heterocycles. The molecule has 0 spiro atoms. The molecule has 8 nitrogen and oxygen atoms in total. The molecule has 0 bridgehead atoms. The Kier molecular flexibility index (Phi) is 6.40. The van der Waals surface area contributed by atoms with Crippen molar-refractivity contribution in [1.29, 1.82) is 0 Å². The molecule has 178 valence electrons. The highest BCUT2D eigenvalue weighted by Crippen LogP contribution is 2.39. The van der Waals surface area contributed by atoms with Crippen LogP contribution in [0.2, 0.25) is 0 Å². The number of carbonyl (C=O) groups is 3. The van der Waals surface area contributed by atoms with Gasteiger partial charge < -0.3 is 24.3 Å². The molecule has 0 radical (unpaired) electrons. The normalized spacial score (nSPS) is 18.6. The Morgan fingerprint density at radius 3 is 2.59 bits per heavy atom. The number of halogens is 1. The molecular weight excluding hydrogens is 502 g/mol. The summed E-state index contributed by atoms with van der Waals surface area (Å²) in [5.74, 6) is -1.11. The van der Waals surface area contributed by atoms with Gasteiger partial charge in [-0.2, -0.15) is 0 Å². The summed E-state index contributed by atoms with van der Waals surface area (Å²) in [6, 6.07) is 14.5. The van der Waals surface area contributed by atoms with Crippen LogP contribution in [-0.4, -0.2) is 60.3 Å². The Labute approximate surface area is 206 Å². The molecule has 2 heterocycles. The van der Waals surface area contributed by atoms with Crippen molar-refractivity contribution in [2.75, 3.05) is 27.2 Å². The van der Waals surface area contributed by atoms with Crippen molar-refractivity contribution in [2.45, 2.75) is 25.4 Å². The maximum Gasteiger partial charge on any atom is 0.295 e. The highest BCUT2D eigenvalue weighted by atomic mass is 79.9. The van der Waals surface area contributed by atoms with Crippen LogP contribution in [0, 0.1) is 0 Å². The highest BCUT2D eigenvalue weighted by Gasteiger charge is 2.49. The van der Waals surface area contributed by atoms with Gasteiger partial charge in [-0.05, 0) is 37.6 Å². The predicted octanol–water partition coefficient (Wildman–Crippen LogP) is 3.75. The van der Waals surface area contributed by atoms with Crippen molar-refractivity contribution >= 4 is 44.6 Å². The number of likely N-dealkylation sites (N-methyl/N-ethyl adjacent to an activating group) is 1. The molecule has 3 aromatic rings. The number of hydrogen-bond acceptors (Lipinski definition) is 5. The molecule has 9 heteroatoms. The number of amides is 3. The lowest BCUT2D eigenvalue weighted by Crippen LogP contribution is -2.63. The third-order valence-electron chi connectivity index (χ3n) is 6.07. The summed E-state index contributed by atoms with van der Waals surface area (Å²) in [5, 5.41) is 3.59. The molecule has 0 fully saturated rings. The van der Waals surface area contributed by atoms with E-state index in [0.717, 1.165) is 10.0 Å². The van der Waals surface area contributed by atoms with Gasteiger partial charge in [0.2, 0.25) is 17.6 Å². The minimum atomic E-state index is -1.46. The van der Waals surface area contributed by atoms with Crippen molar-refractivity contribution in [3.8, 4) is 5.75 Å². The molecule has 2 aromatic carbocycles. The lowest BCUT2D eigenvalue weighted by molar-refractivity contribution is -0.137. The average Bonchev–Trinajstić information content (AvgIpc) is 3.13. The fourth-order valence-corrected chi connectivity index (χ4v) is 4.20. The van der Waals surface area contributed by atoms with Crippen molar-refractivity contribution in [1.82, 2.24) is 15.1 Å². The number of carbonyl (C=O) groups excluding carboxylic acids is 3. The number of fused-ring (bicyclic) bond motifs is 3. The molecule has 1 aliphatic rings. The van der Waals surface area contributed by atoms with Gasteiger partial charge in [-0.1, -0.05) is 46.3 Å². The Bertz CT molecular complexity index is 1260. The number of benzene rings is 2. The van der Waals surface area contributed by atoms with Crippen LogP contribution in [0.3, 0.4) is 0 Å². The summed E-state index contributed by atoms with van der Waals surface area (Å²) in [7, 11) is 3.19. The average molecular weight is 528 g/mol. The summed E-state index contributed by atoms with van der Waals surface area (Å²) in [4.78, 5) is 42.6. The minimum Gasteiger partial charge on any atom is -0.486 e. The smallest absolute Gasteiger partial charge is 0.295 e. The Morgan fingerprint density at radius 2 is 1.91 bits per heavy atom. The zero-order chi connectivity index (χ0) is 24.6. The minimum absolute atomic E-state index is 0.0349. The van der Waals surface area contributed by atoms with Crippen LogP contribution in [0.5, 0.6) is 5.75 Å². The van der Waals surface area contributed by atoms with Gasteiger partial charge in [0.05, 0.1) is 11.4 Å². The summed E-state index contributed by atoms with van der Waals surface area (Å²) in [6.45, 7) is 3.01. The SMILES string of the molecule is C[C@H](NC(=O)[C@@]1(C)COc2c(oc3cc(Br)ccc23)C(=O)N1CC(=O)N(C)C)c1ccccc1. The van der Waals surface area contributed by atoms with Gasteiger partial charge in [0.15, 0.2) is 11.3 Å². The van der Waals surface area contributed by atoms with Crippen LogP contribution < -0.4 is 10.1 Å². The quantitative estimate of drug-likeness (QED) is 0.545. The molecule has 1 aliphatic heterocycles. The van der Waals surface area contributed by atoms with Crippen molar-refractivity contribution in [3.63, 3.8) is 0 Å². The monoisotopic (exact) mass is 527 g/mol. The molecule has 0 aliphatic carbocycles. The first-order valence-electron chi connectivity index (χ1n) is 10.8. The molecule has 1 aromatic heterocycles. The van der Waals surface area contributed by atoms with E-state index in [2.05, 4.69) is 21.2 Å². The maximum atomic E-state index is 13.7. The van der Waals surface area contributed by atoms with E-state index in [4.69, 9.17) is 9.15 Å². The standard InChI is InChI=1S/C25H26BrN3O5/c1-15(16-8-6-5-7-9-16)27-24(32)25(2)14-33-21-18-11-10-17(26)12-19(18)34-22(21)23(31)29(25)13-20(30)28(3)4/h5-12,15H,13-14H2,1-4H3,(H,27,32)/t15-,25+/m0/s1. The van der Waals surface area contributed by atoms with E-state index in [9.17, 15) is 14.4 Å². The second-order valence-corrected chi connectivity index (χ2v) is 9.66. The van der Waals surface area contributed by atoms with E-state index < -0.39 is 17.4 Å². The van der Waals surface area contributed by atoms with Crippen LogP contribution in [0.15, 0.2) is 57.4 Å². The number of ether oxygens (including phenoxy) is 1. The van der Waals surface area contributed by atoms with E-state index in [-0.39, 0.29) is 36.6 Å². The van der Waals surface area contributed by atoms with Crippen LogP contribution in [0.4, 0.5) is 0 Å². The third-order valence-corrected chi connectivity index (χ3v) is 6.56. The lowest BCUT2D eigenvalue weighted by atomic mass is 9.97. The van der Waals surface area contributed by atoms with Gasteiger partial charge >= 0.3 is 0 Å².